The van der Waals surface area contributed by atoms with Gasteiger partial charge in [-0.25, -0.2) is 0 Å². The molecule has 8 heteroatoms. The van der Waals surface area contributed by atoms with Crippen LogP contribution >= 0.6 is 23.4 Å². The van der Waals surface area contributed by atoms with Gasteiger partial charge < -0.3 is 10.1 Å². The van der Waals surface area contributed by atoms with Gasteiger partial charge in [-0.05, 0) is 49.6 Å². The Kier molecular flexibility index (Phi) is 6.95. The van der Waals surface area contributed by atoms with Crippen LogP contribution in [0.2, 0.25) is 5.02 Å². The molecule has 2 aromatic carbocycles. The Balaban J connectivity index is 1.51. The predicted molar refractivity (Wildman–Crippen MR) is 124 cm³/mol. The number of nitrogens with zero attached hydrogens (tertiary/aromatic N) is 3. The third kappa shape index (κ3) is 5.29. The maximum absolute atomic E-state index is 12.2. The molecule has 1 fully saturated rings. The summed E-state index contributed by atoms with van der Waals surface area (Å²) in [5.74, 6) is 1.44. The van der Waals surface area contributed by atoms with Gasteiger partial charge in [-0.1, -0.05) is 47.6 Å². The highest BCUT2D eigenvalue weighted by Crippen LogP contribution is 2.33. The van der Waals surface area contributed by atoms with Crippen molar-refractivity contribution in [1.29, 1.82) is 0 Å². The minimum absolute atomic E-state index is 0.000724. The minimum Gasteiger partial charge on any atom is -0.383 e. The fourth-order valence-corrected chi connectivity index (χ4v) is 4.52. The summed E-state index contributed by atoms with van der Waals surface area (Å²) in [6.45, 7) is 2.61. The Labute approximate surface area is 191 Å². The topological polar surface area (TPSA) is 69.0 Å². The zero-order valence-corrected chi connectivity index (χ0v) is 19.1. The Bertz CT molecular complexity index is 1050. The van der Waals surface area contributed by atoms with Crippen LogP contribution in [0, 0.1) is 0 Å². The lowest BCUT2D eigenvalue weighted by molar-refractivity contribution is 0.0951. The molecular formula is C23H25ClN4O2S. The highest BCUT2D eigenvalue weighted by molar-refractivity contribution is 7.98. The average Bonchev–Trinajstić information content (AvgIpc) is 3.49. The van der Waals surface area contributed by atoms with E-state index in [-0.39, 0.29) is 11.9 Å². The van der Waals surface area contributed by atoms with Crippen molar-refractivity contribution in [3.8, 4) is 11.4 Å². The third-order valence-electron chi connectivity index (χ3n) is 5.12. The molecule has 162 valence electrons. The first kappa shape index (κ1) is 21.9. The lowest BCUT2D eigenvalue weighted by Gasteiger charge is -2.17. The quantitative estimate of drug-likeness (QED) is 0.459. The van der Waals surface area contributed by atoms with E-state index in [1.54, 1.807) is 18.9 Å². The van der Waals surface area contributed by atoms with Crippen LogP contribution in [-0.4, -0.2) is 40.4 Å². The Hall–Kier alpha value is -2.35. The van der Waals surface area contributed by atoms with Crippen molar-refractivity contribution in [3.63, 3.8) is 0 Å². The van der Waals surface area contributed by atoms with Crippen molar-refractivity contribution in [2.24, 2.45) is 0 Å². The minimum atomic E-state index is -0.000724. The van der Waals surface area contributed by atoms with Gasteiger partial charge in [0.2, 0.25) is 0 Å². The summed E-state index contributed by atoms with van der Waals surface area (Å²) in [6.07, 6.45) is 2.16. The fourth-order valence-electron chi connectivity index (χ4n) is 3.31. The molecule has 4 rings (SSSR count). The zero-order valence-electron chi connectivity index (χ0n) is 17.5. The SMILES string of the molecule is COC[C@@H](C)n1c(SCc2ccc(C(=O)NC3CC3)cc2)nnc1-c1ccccc1Cl. The molecule has 1 aromatic heterocycles. The number of amides is 1. The van der Waals surface area contributed by atoms with Crippen molar-refractivity contribution >= 4 is 29.3 Å². The number of benzene rings is 2. The van der Waals surface area contributed by atoms with E-state index in [1.807, 2.05) is 48.5 Å². The summed E-state index contributed by atoms with van der Waals surface area (Å²) < 4.78 is 7.45. The van der Waals surface area contributed by atoms with Crippen LogP contribution in [0.25, 0.3) is 11.4 Å². The molecule has 0 radical (unpaired) electrons. The first-order valence-electron chi connectivity index (χ1n) is 10.3. The molecule has 0 spiro atoms. The number of aromatic nitrogens is 3. The maximum Gasteiger partial charge on any atom is 0.251 e. The van der Waals surface area contributed by atoms with Crippen LogP contribution in [0.5, 0.6) is 0 Å². The average molecular weight is 457 g/mol. The van der Waals surface area contributed by atoms with Gasteiger partial charge in [-0.2, -0.15) is 0 Å². The number of hydrogen-bond donors (Lipinski definition) is 1. The molecule has 31 heavy (non-hydrogen) atoms. The highest BCUT2D eigenvalue weighted by atomic mass is 35.5. The number of thioether (sulfide) groups is 1. The third-order valence-corrected chi connectivity index (χ3v) is 6.47. The number of hydrogen-bond acceptors (Lipinski definition) is 5. The van der Waals surface area contributed by atoms with Gasteiger partial charge in [-0.15, -0.1) is 10.2 Å². The maximum atomic E-state index is 12.2. The lowest BCUT2D eigenvalue weighted by atomic mass is 10.1. The van der Waals surface area contributed by atoms with E-state index in [0.717, 1.165) is 34.9 Å². The molecule has 1 atom stereocenters. The van der Waals surface area contributed by atoms with Gasteiger partial charge in [0.05, 0.1) is 17.7 Å². The number of carbonyl (C=O) groups is 1. The summed E-state index contributed by atoms with van der Waals surface area (Å²) in [7, 11) is 1.68. The zero-order chi connectivity index (χ0) is 21.8. The van der Waals surface area contributed by atoms with Gasteiger partial charge in [0.25, 0.3) is 5.91 Å². The van der Waals surface area contributed by atoms with Crippen molar-refractivity contribution in [2.75, 3.05) is 13.7 Å². The van der Waals surface area contributed by atoms with Crippen LogP contribution in [0.15, 0.2) is 53.7 Å². The molecule has 1 N–H and O–H groups in total. The second-order valence-electron chi connectivity index (χ2n) is 7.69. The number of rotatable bonds is 9. The molecule has 0 unspecified atom stereocenters. The molecule has 6 nitrogen and oxygen atoms in total. The second-order valence-corrected chi connectivity index (χ2v) is 9.04. The van der Waals surface area contributed by atoms with E-state index in [0.29, 0.717) is 29.0 Å². The smallest absolute Gasteiger partial charge is 0.251 e. The van der Waals surface area contributed by atoms with Crippen LogP contribution in [0.4, 0.5) is 0 Å². The molecule has 0 saturated heterocycles. The van der Waals surface area contributed by atoms with Crippen LogP contribution in [0.1, 0.15) is 41.7 Å². The van der Waals surface area contributed by atoms with E-state index in [1.165, 1.54) is 0 Å². The number of methoxy groups -OCH3 is 1. The Morgan fingerprint density at radius 3 is 2.65 bits per heavy atom. The van der Waals surface area contributed by atoms with Gasteiger partial charge in [0.15, 0.2) is 11.0 Å². The Morgan fingerprint density at radius 1 is 1.23 bits per heavy atom. The number of ether oxygens (including phenoxy) is 1. The molecule has 0 aliphatic heterocycles. The molecule has 3 aromatic rings. The lowest BCUT2D eigenvalue weighted by Crippen LogP contribution is -2.25. The summed E-state index contributed by atoms with van der Waals surface area (Å²) in [5, 5.41) is 13.3. The second kappa shape index (κ2) is 9.85. The largest absolute Gasteiger partial charge is 0.383 e. The van der Waals surface area contributed by atoms with Gasteiger partial charge in [0, 0.05) is 30.0 Å². The summed E-state index contributed by atoms with van der Waals surface area (Å²) in [4.78, 5) is 12.2. The number of carbonyl (C=O) groups excluding carboxylic acids is 1. The standard InChI is InChI=1S/C23H25ClN4O2S/c1-15(13-30-2)28-21(19-5-3-4-6-20(19)24)26-27-23(28)31-14-16-7-9-17(10-8-16)22(29)25-18-11-12-18/h3-10,15,18H,11-14H2,1-2H3,(H,25,29)/t15-/m1/s1. The predicted octanol–water partition coefficient (Wildman–Crippen LogP) is 4.99. The molecule has 0 bridgehead atoms. The van der Waals surface area contributed by atoms with Crippen molar-refractivity contribution < 1.29 is 9.53 Å². The van der Waals surface area contributed by atoms with Crippen molar-refractivity contribution in [1.82, 2.24) is 20.1 Å². The Morgan fingerprint density at radius 2 is 1.97 bits per heavy atom. The van der Waals surface area contributed by atoms with E-state index in [9.17, 15) is 4.79 Å². The van der Waals surface area contributed by atoms with Gasteiger partial charge >= 0.3 is 0 Å². The van der Waals surface area contributed by atoms with E-state index in [4.69, 9.17) is 16.3 Å². The summed E-state index contributed by atoms with van der Waals surface area (Å²) >= 11 is 8.02. The van der Waals surface area contributed by atoms with Crippen LogP contribution in [0.3, 0.4) is 0 Å². The molecule has 1 aliphatic carbocycles. The molecule has 1 amide bonds. The number of nitrogens with one attached hydrogen (secondary N) is 1. The first-order valence-corrected chi connectivity index (χ1v) is 11.6. The van der Waals surface area contributed by atoms with E-state index >= 15 is 0 Å². The first-order chi connectivity index (χ1) is 15.1. The van der Waals surface area contributed by atoms with Gasteiger partial charge in [0.1, 0.15) is 0 Å². The van der Waals surface area contributed by atoms with Crippen molar-refractivity contribution in [3.05, 3.63) is 64.7 Å². The molecular weight excluding hydrogens is 432 g/mol. The fraction of sp³-hybridized carbons (Fsp3) is 0.348. The molecule has 1 saturated carbocycles. The van der Waals surface area contributed by atoms with E-state index in [2.05, 4.69) is 27.0 Å². The number of halogens is 1. The summed E-state index contributed by atoms with van der Waals surface area (Å²) in [5.41, 5.74) is 2.65. The highest BCUT2D eigenvalue weighted by Gasteiger charge is 2.24. The molecule has 1 heterocycles. The van der Waals surface area contributed by atoms with Crippen LogP contribution in [-0.2, 0) is 10.5 Å². The van der Waals surface area contributed by atoms with Crippen LogP contribution < -0.4 is 5.32 Å². The molecule has 1 aliphatic rings. The van der Waals surface area contributed by atoms with Gasteiger partial charge in [-0.3, -0.25) is 9.36 Å². The monoisotopic (exact) mass is 456 g/mol. The summed E-state index contributed by atoms with van der Waals surface area (Å²) in [6, 6.07) is 15.8. The van der Waals surface area contributed by atoms with E-state index < -0.39 is 0 Å². The normalized spacial score (nSPS) is 14.4. The van der Waals surface area contributed by atoms with Crippen molar-refractivity contribution in [2.45, 2.75) is 42.8 Å².